The third-order valence-electron chi connectivity index (χ3n) is 6.07. The maximum absolute atomic E-state index is 10.2. The van der Waals surface area contributed by atoms with E-state index in [0.29, 0.717) is 5.92 Å². The normalized spacial score (nSPS) is 44.8. The molecule has 3 aliphatic rings. The van der Waals surface area contributed by atoms with Crippen molar-refractivity contribution in [2.24, 2.45) is 23.7 Å². The molecule has 1 saturated heterocycles. The molecule has 0 aromatic carbocycles. The molecular weight excluding hydrogens is 234 g/mol. The number of piperidine rings is 1. The molecule has 0 aromatic rings. The van der Waals surface area contributed by atoms with Crippen molar-refractivity contribution in [3.63, 3.8) is 0 Å². The van der Waals surface area contributed by atoms with Gasteiger partial charge in [0, 0.05) is 13.1 Å². The number of fused-ring (bicyclic) bond motifs is 1. The van der Waals surface area contributed by atoms with Gasteiger partial charge >= 0.3 is 0 Å². The molecule has 0 spiro atoms. The monoisotopic (exact) mass is 265 g/mol. The van der Waals surface area contributed by atoms with Crippen molar-refractivity contribution in [3.8, 4) is 0 Å². The summed E-state index contributed by atoms with van der Waals surface area (Å²) in [6.45, 7) is 6.13. The molecular formula is C17H31NO. The Balaban J connectivity index is 1.52. The van der Waals surface area contributed by atoms with Gasteiger partial charge in [0.15, 0.2) is 0 Å². The summed E-state index contributed by atoms with van der Waals surface area (Å²) in [5.74, 6) is 3.37. The molecule has 2 nitrogen and oxygen atoms in total. The molecule has 2 saturated carbocycles. The summed E-state index contributed by atoms with van der Waals surface area (Å²) >= 11 is 0. The van der Waals surface area contributed by atoms with Gasteiger partial charge in [0.25, 0.3) is 0 Å². The average Bonchev–Trinajstić information content (AvgIpc) is 2.43. The second-order valence-corrected chi connectivity index (χ2v) is 7.60. The van der Waals surface area contributed by atoms with E-state index in [1.165, 1.54) is 58.0 Å². The average molecular weight is 265 g/mol. The zero-order chi connectivity index (χ0) is 13.2. The lowest BCUT2D eigenvalue weighted by Gasteiger charge is -2.43. The maximum Gasteiger partial charge on any atom is 0.0580 e. The summed E-state index contributed by atoms with van der Waals surface area (Å²) in [6, 6.07) is 0. The lowest BCUT2D eigenvalue weighted by Crippen LogP contribution is -2.46. The van der Waals surface area contributed by atoms with Crippen molar-refractivity contribution in [2.45, 2.75) is 64.4 Å². The van der Waals surface area contributed by atoms with Gasteiger partial charge in [-0.25, -0.2) is 0 Å². The Labute approximate surface area is 118 Å². The third-order valence-corrected chi connectivity index (χ3v) is 6.07. The van der Waals surface area contributed by atoms with E-state index in [0.717, 1.165) is 30.7 Å². The molecule has 19 heavy (non-hydrogen) atoms. The number of nitrogens with zero attached hydrogens (tertiary/aromatic N) is 1. The van der Waals surface area contributed by atoms with Gasteiger partial charge in [0.05, 0.1) is 6.10 Å². The highest BCUT2D eigenvalue weighted by Crippen LogP contribution is 2.37. The number of rotatable bonds is 2. The highest BCUT2D eigenvalue weighted by atomic mass is 16.3. The van der Waals surface area contributed by atoms with Gasteiger partial charge in [-0.05, 0) is 62.3 Å². The second kappa shape index (κ2) is 6.13. The summed E-state index contributed by atoms with van der Waals surface area (Å²) in [5.41, 5.74) is 0. The number of hydrogen-bond acceptors (Lipinski definition) is 2. The zero-order valence-electron chi connectivity index (χ0n) is 12.6. The molecule has 2 heteroatoms. The van der Waals surface area contributed by atoms with Gasteiger partial charge in [0.2, 0.25) is 0 Å². The van der Waals surface area contributed by atoms with Gasteiger partial charge in [-0.2, -0.15) is 0 Å². The van der Waals surface area contributed by atoms with Gasteiger partial charge in [-0.1, -0.05) is 26.2 Å². The predicted octanol–water partition coefficient (Wildman–Crippen LogP) is 3.30. The first-order chi connectivity index (χ1) is 9.22. The molecule has 0 amide bonds. The summed E-state index contributed by atoms with van der Waals surface area (Å²) in [5, 5.41) is 10.2. The topological polar surface area (TPSA) is 23.5 Å². The smallest absolute Gasteiger partial charge is 0.0580 e. The first-order valence-corrected chi connectivity index (χ1v) is 8.63. The van der Waals surface area contributed by atoms with E-state index in [9.17, 15) is 5.11 Å². The molecule has 3 fully saturated rings. The summed E-state index contributed by atoms with van der Waals surface area (Å²) in [4.78, 5) is 2.68. The van der Waals surface area contributed by atoms with Crippen molar-refractivity contribution in [2.75, 3.05) is 19.6 Å². The van der Waals surface area contributed by atoms with E-state index < -0.39 is 0 Å². The quantitative estimate of drug-likeness (QED) is 0.828. The van der Waals surface area contributed by atoms with Crippen molar-refractivity contribution in [3.05, 3.63) is 0 Å². The van der Waals surface area contributed by atoms with E-state index in [-0.39, 0.29) is 6.10 Å². The molecule has 5 atom stereocenters. The Hall–Kier alpha value is -0.0800. The molecule has 0 radical (unpaired) electrons. The Morgan fingerprint density at radius 3 is 2.63 bits per heavy atom. The van der Waals surface area contributed by atoms with Crippen LogP contribution in [-0.2, 0) is 0 Å². The van der Waals surface area contributed by atoms with Crippen molar-refractivity contribution < 1.29 is 5.11 Å². The van der Waals surface area contributed by atoms with E-state index in [1.807, 2.05) is 0 Å². The van der Waals surface area contributed by atoms with Crippen LogP contribution in [-0.4, -0.2) is 35.7 Å². The van der Waals surface area contributed by atoms with Gasteiger partial charge in [-0.3, -0.25) is 0 Å². The van der Waals surface area contributed by atoms with Gasteiger partial charge in [-0.15, -0.1) is 0 Å². The predicted molar refractivity (Wildman–Crippen MR) is 79.0 cm³/mol. The molecule has 1 heterocycles. The fourth-order valence-corrected chi connectivity index (χ4v) is 4.85. The van der Waals surface area contributed by atoms with Crippen LogP contribution >= 0.6 is 0 Å². The van der Waals surface area contributed by atoms with Gasteiger partial charge < -0.3 is 10.0 Å². The molecule has 110 valence electrons. The number of hydrogen-bond donors (Lipinski definition) is 1. The molecule has 3 rings (SSSR count). The lowest BCUT2D eigenvalue weighted by atomic mass is 9.74. The van der Waals surface area contributed by atoms with E-state index in [1.54, 1.807) is 0 Å². The van der Waals surface area contributed by atoms with E-state index in [2.05, 4.69) is 11.8 Å². The van der Waals surface area contributed by atoms with Gasteiger partial charge in [0.1, 0.15) is 0 Å². The van der Waals surface area contributed by atoms with E-state index in [4.69, 9.17) is 0 Å². The van der Waals surface area contributed by atoms with E-state index >= 15 is 0 Å². The summed E-state index contributed by atoms with van der Waals surface area (Å²) in [6.07, 6.45) is 10.8. The van der Waals surface area contributed by atoms with Crippen molar-refractivity contribution >= 4 is 0 Å². The van der Waals surface area contributed by atoms with Crippen LogP contribution in [0.5, 0.6) is 0 Å². The van der Waals surface area contributed by atoms with Crippen LogP contribution in [0.2, 0.25) is 0 Å². The van der Waals surface area contributed by atoms with Crippen LogP contribution in [0.25, 0.3) is 0 Å². The molecule has 0 aromatic heterocycles. The minimum absolute atomic E-state index is 0.0275. The maximum atomic E-state index is 10.2. The first kappa shape index (κ1) is 13.9. The fourth-order valence-electron chi connectivity index (χ4n) is 4.85. The second-order valence-electron chi connectivity index (χ2n) is 7.60. The van der Waals surface area contributed by atoms with Crippen LogP contribution in [0, 0.1) is 23.7 Å². The Bertz CT molecular complexity index is 293. The summed E-state index contributed by atoms with van der Waals surface area (Å²) in [7, 11) is 0. The highest BCUT2D eigenvalue weighted by Gasteiger charge is 2.34. The van der Waals surface area contributed by atoms with Crippen LogP contribution in [0.4, 0.5) is 0 Å². The molecule has 1 N–H and O–H groups in total. The Morgan fingerprint density at radius 1 is 1.00 bits per heavy atom. The fraction of sp³-hybridized carbons (Fsp3) is 1.00. The minimum Gasteiger partial charge on any atom is -0.393 e. The van der Waals surface area contributed by atoms with Crippen molar-refractivity contribution in [1.29, 1.82) is 0 Å². The minimum atomic E-state index is -0.0275. The van der Waals surface area contributed by atoms with Crippen LogP contribution < -0.4 is 0 Å². The molecule has 2 aliphatic carbocycles. The third kappa shape index (κ3) is 3.33. The largest absolute Gasteiger partial charge is 0.393 e. The van der Waals surface area contributed by atoms with Crippen LogP contribution in [0.3, 0.4) is 0 Å². The lowest BCUT2D eigenvalue weighted by molar-refractivity contribution is 0.00917. The number of likely N-dealkylation sites (tertiary alicyclic amines) is 1. The SMILES string of the molecule is CC1CCC(O)C(CN2CCC3CCCCC3C2)C1. The molecule has 5 unspecified atom stereocenters. The van der Waals surface area contributed by atoms with Crippen LogP contribution in [0.15, 0.2) is 0 Å². The standard InChI is InChI=1S/C17H31NO/c1-13-6-7-17(19)16(10-13)12-18-9-8-14-4-2-3-5-15(14)11-18/h13-17,19H,2-12H2,1H3. The Morgan fingerprint density at radius 2 is 1.79 bits per heavy atom. The van der Waals surface area contributed by atoms with Crippen LogP contribution in [0.1, 0.15) is 58.3 Å². The molecule has 1 aliphatic heterocycles. The zero-order valence-corrected chi connectivity index (χ0v) is 12.6. The first-order valence-electron chi connectivity index (χ1n) is 8.63. The highest BCUT2D eigenvalue weighted by molar-refractivity contribution is 4.86. The molecule has 0 bridgehead atoms. The number of aliphatic hydroxyl groups is 1. The number of aliphatic hydroxyl groups excluding tert-OH is 1. The summed E-state index contributed by atoms with van der Waals surface area (Å²) < 4.78 is 0. The Kier molecular flexibility index (Phi) is 4.48. The van der Waals surface area contributed by atoms with Crippen molar-refractivity contribution in [1.82, 2.24) is 4.90 Å².